The molecule has 0 N–H and O–H groups in total. The largest absolute Gasteiger partial charge is 0.372 e. The van der Waals surface area contributed by atoms with Crippen LogP contribution in [0, 0.1) is 11.3 Å². The first kappa shape index (κ1) is 17.8. The van der Waals surface area contributed by atoms with Gasteiger partial charge in [0, 0.05) is 32.4 Å². The van der Waals surface area contributed by atoms with E-state index in [0.717, 1.165) is 25.9 Å². The van der Waals surface area contributed by atoms with Crippen LogP contribution < -0.4 is 0 Å². The Bertz CT molecular complexity index is 481. The normalized spacial score (nSPS) is 27.6. The van der Waals surface area contributed by atoms with Crippen LogP contribution in [0.2, 0.25) is 0 Å². The molecule has 0 aliphatic carbocycles. The molecule has 0 spiro atoms. The Labute approximate surface area is 139 Å². The minimum absolute atomic E-state index is 0.108. The van der Waals surface area contributed by atoms with Gasteiger partial charge in [-0.25, -0.2) is 0 Å². The maximum Gasteiger partial charge on any atom is 0.265 e. The van der Waals surface area contributed by atoms with Gasteiger partial charge in [-0.15, -0.1) is 0 Å². The summed E-state index contributed by atoms with van der Waals surface area (Å²) in [5.74, 6) is -0.172. The summed E-state index contributed by atoms with van der Waals surface area (Å²) in [4.78, 5) is 18.7. The standard InChI is InChI=1S/C17H28N4O2/c1-13-10-21(11-14(2)23-13)12-15(9-18)17(22)20(4)16-5-7-19(3)8-6-16/h12-14,16H,5-8,10-11H2,1-4H3/b15-12-. The molecule has 0 aromatic heterocycles. The lowest BCUT2D eigenvalue weighted by Crippen LogP contribution is -2.46. The lowest BCUT2D eigenvalue weighted by molar-refractivity contribution is -0.128. The second-order valence-electron chi connectivity index (χ2n) is 6.82. The molecule has 0 bridgehead atoms. The van der Waals surface area contributed by atoms with E-state index in [-0.39, 0.29) is 29.7 Å². The van der Waals surface area contributed by atoms with Gasteiger partial charge >= 0.3 is 0 Å². The van der Waals surface area contributed by atoms with Crippen molar-refractivity contribution in [1.82, 2.24) is 14.7 Å². The van der Waals surface area contributed by atoms with Crippen LogP contribution in [0.1, 0.15) is 26.7 Å². The summed E-state index contributed by atoms with van der Waals surface area (Å²) in [6, 6.07) is 2.30. The lowest BCUT2D eigenvalue weighted by Gasteiger charge is -2.36. The third-order valence-electron chi connectivity index (χ3n) is 4.67. The number of hydrogen-bond acceptors (Lipinski definition) is 5. The summed E-state index contributed by atoms with van der Waals surface area (Å²) in [5.41, 5.74) is 0.215. The van der Waals surface area contributed by atoms with E-state index in [1.807, 2.05) is 25.8 Å². The molecule has 2 unspecified atom stereocenters. The molecular weight excluding hydrogens is 292 g/mol. The van der Waals surface area contributed by atoms with Gasteiger partial charge in [0.25, 0.3) is 5.91 Å². The van der Waals surface area contributed by atoms with Crippen molar-refractivity contribution in [3.05, 3.63) is 11.8 Å². The number of carbonyl (C=O) groups is 1. The highest BCUT2D eigenvalue weighted by Gasteiger charge is 2.27. The van der Waals surface area contributed by atoms with Gasteiger partial charge in [-0.05, 0) is 46.8 Å². The van der Waals surface area contributed by atoms with E-state index >= 15 is 0 Å². The van der Waals surface area contributed by atoms with E-state index in [0.29, 0.717) is 13.1 Å². The fourth-order valence-corrected chi connectivity index (χ4v) is 3.38. The van der Waals surface area contributed by atoms with Crippen molar-refractivity contribution in [3.63, 3.8) is 0 Å². The Morgan fingerprint density at radius 2 is 1.83 bits per heavy atom. The number of morpholine rings is 1. The van der Waals surface area contributed by atoms with Gasteiger partial charge in [0.05, 0.1) is 12.2 Å². The molecule has 6 nitrogen and oxygen atoms in total. The van der Waals surface area contributed by atoms with Crippen molar-refractivity contribution in [2.24, 2.45) is 0 Å². The van der Waals surface area contributed by atoms with E-state index in [9.17, 15) is 10.1 Å². The van der Waals surface area contributed by atoms with Gasteiger partial charge in [0.1, 0.15) is 11.6 Å². The van der Waals surface area contributed by atoms with Crippen molar-refractivity contribution in [3.8, 4) is 6.07 Å². The maximum absolute atomic E-state index is 12.7. The van der Waals surface area contributed by atoms with E-state index < -0.39 is 0 Å². The first-order valence-corrected chi connectivity index (χ1v) is 8.37. The molecule has 1 amide bonds. The molecular formula is C17H28N4O2. The van der Waals surface area contributed by atoms with Crippen molar-refractivity contribution < 1.29 is 9.53 Å². The molecule has 128 valence electrons. The summed E-state index contributed by atoms with van der Waals surface area (Å²) in [6.07, 6.45) is 3.85. The average molecular weight is 320 g/mol. The molecule has 2 aliphatic heterocycles. The lowest BCUT2D eigenvalue weighted by atomic mass is 10.0. The smallest absolute Gasteiger partial charge is 0.265 e. The summed E-state index contributed by atoms with van der Waals surface area (Å²) in [5, 5.41) is 9.42. The highest BCUT2D eigenvalue weighted by Crippen LogP contribution is 2.17. The van der Waals surface area contributed by atoms with Crippen LogP contribution >= 0.6 is 0 Å². The number of likely N-dealkylation sites (N-methyl/N-ethyl adjacent to an activating group) is 1. The summed E-state index contributed by atoms with van der Waals surface area (Å²) in [6.45, 7) is 7.42. The molecule has 2 heterocycles. The quantitative estimate of drug-likeness (QED) is 0.575. The number of hydrogen-bond donors (Lipinski definition) is 0. The number of nitrogens with zero attached hydrogens (tertiary/aromatic N) is 4. The predicted molar refractivity (Wildman–Crippen MR) is 88.6 cm³/mol. The summed E-state index contributed by atoms with van der Waals surface area (Å²) < 4.78 is 5.69. The SMILES string of the molecule is CC1CN(/C=C(/C#N)C(=O)N(C)C2CCN(C)CC2)CC(C)O1. The van der Waals surface area contributed by atoms with Gasteiger partial charge in [-0.1, -0.05) is 0 Å². The third kappa shape index (κ3) is 4.69. The molecule has 0 aromatic rings. The molecule has 2 aliphatic rings. The number of ether oxygens (including phenoxy) is 1. The van der Waals surface area contributed by atoms with Crippen LogP contribution in [0.25, 0.3) is 0 Å². The zero-order chi connectivity index (χ0) is 17.0. The van der Waals surface area contributed by atoms with E-state index in [1.54, 1.807) is 11.1 Å². The van der Waals surface area contributed by atoms with Gasteiger partial charge in [0.15, 0.2) is 0 Å². The summed E-state index contributed by atoms with van der Waals surface area (Å²) in [7, 11) is 3.91. The minimum Gasteiger partial charge on any atom is -0.372 e. The van der Waals surface area contributed by atoms with E-state index in [4.69, 9.17) is 4.74 Å². The Morgan fingerprint density at radius 3 is 2.35 bits per heavy atom. The van der Waals surface area contributed by atoms with Crippen molar-refractivity contribution in [2.75, 3.05) is 40.3 Å². The van der Waals surface area contributed by atoms with Crippen LogP contribution in [0.4, 0.5) is 0 Å². The molecule has 2 saturated heterocycles. The van der Waals surface area contributed by atoms with Crippen LogP contribution in [0.3, 0.4) is 0 Å². The number of likely N-dealkylation sites (tertiary alicyclic amines) is 1. The van der Waals surface area contributed by atoms with E-state index in [2.05, 4.69) is 18.0 Å². The second-order valence-corrected chi connectivity index (χ2v) is 6.82. The fourth-order valence-electron chi connectivity index (χ4n) is 3.38. The van der Waals surface area contributed by atoms with Crippen molar-refractivity contribution >= 4 is 5.91 Å². The van der Waals surface area contributed by atoms with Gasteiger partial charge < -0.3 is 19.4 Å². The number of nitriles is 1. The van der Waals surface area contributed by atoms with Crippen LogP contribution in [-0.4, -0.2) is 79.1 Å². The molecule has 0 aromatic carbocycles. The molecule has 23 heavy (non-hydrogen) atoms. The summed E-state index contributed by atoms with van der Waals surface area (Å²) >= 11 is 0. The first-order chi connectivity index (χ1) is 10.9. The molecule has 2 fully saturated rings. The molecule has 2 atom stereocenters. The first-order valence-electron chi connectivity index (χ1n) is 8.37. The highest BCUT2D eigenvalue weighted by molar-refractivity contribution is 5.97. The third-order valence-corrected chi connectivity index (χ3v) is 4.67. The number of amides is 1. The van der Waals surface area contributed by atoms with Crippen LogP contribution in [-0.2, 0) is 9.53 Å². The zero-order valence-electron chi connectivity index (χ0n) is 14.7. The number of carbonyl (C=O) groups excluding carboxylic acids is 1. The molecule has 0 radical (unpaired) electrons. The number of piperidine rings is 1. The molecule has 2 rings (SSSR count). The van der Waals surface area contributed by atoms with Gasteiger partial charge in [-0.3, -0.25) is 4.79 Å². The van der Waals surface area contributed by atoms with E-state index in [1.165, 1.54) is 0 Å². The fraction of sp³-hybridized carbons (Fsp3) is 0.765. The second kappa shape index (κ2) is 7.80. The van der Waals surface area contributed by atoms with Gasteiger partial charge in [0.2, 0.25) is 0 Å². The monoisotopic (exact) mass is 320 g/mol. The minimum atomic E-state index is -0.172. The molecule has 0 saturated carbocycles. The molecule has 6 heteroatoms. The highest BCUT2D eigenvalue weighted by atomic mass is 16.5. The Balaban J connectivity index is 2.03. The van der Waals surface area contributed by atoms with Crippen LogP contribution in [0.5, 0.6) is 0 Å². The van der Waals surface area contributed by atoms with Crippen LogP contribution in [0.15, 0.2) is 11.8 Å². The topological polar surface area (TPSA) is 59.8 Å². The average Bonchev–Trinajstić information content (AvgIpc) is 2.51. The van der Waals surface area contributed by atoms with Gasteiger partial charge in [-0.2, -0.15) is 5.26 Å². The number of rotatable bonds is 3. The Hall–Kier alpha value is -1.58. The Kier molecular flexibility index (Phi) is 6.03. The van der Waals surface area contributed by atoms with Crippen molar-refractivity contribution in [2.45, 2.75) is 44.9 Å². The predicted octanol–water partition coefficient (Wildman–Crippen LogP) is 1.06. The van der Waals surface area contributed by atoms with Crippen molar-refractivity contribution in [1.29, 1.82) is 5.26 Å². The Morgan fingerprint density at radius 1 is 1.26 bits per heavy atom. The zero-order valence-corrected chi connectivity index (χ0v) is 14.7. The maximum atomic E-state index is 12.7.